The van der Waals surface area contributed by atoms with Crippen molar-refractivity contribution < 1.29 is 28.6 Å². The van der Waals surface area contributed by atoms with Crippen LogP contribution in [0.15, 0.2) is 0 Å². The van der Waals surface area contributed by atoms with E-state index in [0.29, 0.717) is 19.3 Å². The largest absolute Gasteiger partial charge is 0.462 e. The summed E-state index contributed by atoms with van der Waals surface area (Å²) in [6, 6.07) is 0. The number of carbonyl (C=O) groups excluding carboxylic acids is 3. The Balaban J connectivity index is 4.24. The molecule has 338 valence electrons. The second-order valence-electron chi connectivity index (χ2n) is 18.4. The van der Waals surface area contributed by atoms with Crippen molar-refractivity contribution in [2.24, 2.45) is 11.8 Å². The number of ether oxygens (including phenoxy) is 3. The van der Waals surface area contributed by atoms with Crippen LogP contribution in [0.4, 0.5) is 0 Å². The lowest BCUT2D eigenvalue weighted by molar-refractivity contribution is -0.167. The molecular formula is C51H98O6. The minimum Gasteiger partial charge on any atom is -0.462 e. The maximum Gasteiger partial charge on any atom is 0.306 e. The highest BCUT2D eigenvalue weighted by Crippen LogP contribution is 2.17. The molecule has 0 radical (unpaired) electrons. The van der Waals surface area contributed by atoms with Crippen molar-refractivity contribution in [3.63, 3.8) is 0 Å². The van der Waals surface area contributed by atoms with E-state index in [9.17, 15) is 14.4 Å². The first kappa shape index (κ1) is 55.4. The van der Waals surface area contributed by atoms with E-state index in [1.165, 1.54) is 167 Å². The second-order valence-corrected chi connectivity index (χ2v) is 18.4. The van der Waals surface area contributed by atoms with Gasteiger partial charge in [-0.1, -0.05) is 240 Å². The number of hydrogen-bond donors (Lipinski definition) is 0. The highest BCUT2D eigenvalue weighted by Gasteiger charge is 2.19. The Bertz CT molecular complexity index is 870. The summed E-state index contributed by atoms with van der Waals surface area (Å²) in [6.07, 6.45) is 43.9. The zero-order chi connectivity index (χ0) is 41.9. The van der Waals surface area contributed by atoms with E-state index in [-0.39, 0.29) is 31.1 Å². The second kappa shape index (κ2) is 44.0. The van der Waals surface area contributed by atoms with Crippen molar-refractivity contribution in [3.8, 4) is 0 Å². The van der Waals surface area contributed by atoms with Crippen LogP contribution >= 0.6 is 0 Å². The van der Waals surface area contributed by atoms with Crippen LogP contribution in [0, 0.1) is 11.8 Å². The molecule has 6 nitrogen and oxygen atoms in total. The average Bonchev–Trinajstić information content (AvgIpc) is 3.18. The molecule has 0 aromatic heterocycles. The highest BCUT2D eigenvalue weighted by atomic mass is 16.6. The maximum atomic E-state index is 12.7. The van der Waals surface area contributed by atoms with E-state index < -0.39 is 6.10 Å². The summed E-state index contributed by atoms with van der Waals surface area (Å²) in [5.41, 5.74) is 0. The molecule has 0 aromatic carbocycles. The van der Waals surface area contributed by atoms with Gasteiger partial charge in [-0.25, -0.2) is 0 Å². The van der Waals surface area contributed by atoms with Gasteiger partial charge in [-0.15, -0.1) is 0 Å². The van der Waals surface area contributed by atoms with Crippen molar-refractivity contribution in [1.82, 2.24) is 0 Å². The molecule has 0 N–H and O–H groups in total. The molecule has 57 heavy (non-hydrogen) atoms. The molecule has 0 heterocycles. The molecular weight excluding hydrogens is 709 g/mol. The van der Waals surface area contributed by atoms with Crippen LogP contribution in [-0.4, -0.2) is 37.2 Å². The van der Waals surface area contributed by atoms with E-state index in [4.69, 9.17) is 14.2 Å². The Labute approximate surface area is 355 Å². The molecule has 0 fully saturated rings. The first-order chi connectivity index (χ1) is 27.7. The van der Waals surface area contributed by atoms with Crippen molar-refractivity contribution in [2.45, 2.75) is 285 Å². The lowest BCUT2D eigenvalue weighted by atomic mass is 10.0. The fourth-order valence-corrected chi connectivity index (χ4v) is 7.64. The quantitative estimate of drug-likeness (QED) is 0.0346. The van der Waals surface area contributed by atoms with E-state index in [1.54, 1.807) is 0 Å². The molecule has 0 spiro atoms. The summed E-state index contributed by atoms with van der Waals surface area (Å²) >= 11 is 0. The fourth-order valence-electron chi connectivity index (χ4n) is 7.64. The van der Waals surface area contributed by atoms with Crippen LogP contribution in [0.25, 0.3) is 0 Å². The third-order valence-electron chi connectivity index (χ3n) is 11.5. The summed E-state index contributed by atoms with van der Waals surface area (Å²) in [4.78, 5) is 37.8. The highest BCUT2D eigenvalue weighted by molar-refractivity contribution is 5.71. The average molecular weight is 807 g/mol. The van der Waals surface area contributed by atoms with Crippen LogP contribution in [-0.2, 0) is 28.6 Å². The number of hydrogen-bond acceptors (Lipinski definition) is 6. The van der Waals surface area contributed by atoms with Crippen LogP contribution in [0.1, 0.15) is 279 Å². The summed E-state index contributed by atoms with van der Waals surface area (Å²) in [7, 11) is 0. The van der Waals surface area contributed by atoms with Gasteiger partial charge < -0.3 is 14.2 Å². The smallest absolute Gasteiger partial charge is 0.306 e. The maximum absolute atomic E-state index is 12.7. The predicted molar refractivity (Wildman–Crippen MR) is 243 cm³/mol. The van der Waals surface area contributed by atoms with Crippen LogP contribution in [0.2, 0.25) is 0 Å². The minimum atomic E-state index is -0.762. The lowest BCUT2D eigenvalue weighted by Crippen LogP contribution is -2.30. The van der Waals surface area contributed by atoms with Gasteiger partial charge in [0.15, 0.2) is 6.10 Å². The van der Waals surface area contributed by atoms with Crippen molar-refractivity contribution >= 4 is 17.9 Å². The Morgan fingerprint density at radius 1 is 0.333 bits per heavy atom. The van der Waals surface area contributed by atoms with Crippen LogP contribution in [0.5, 0.6) is 0 Å². The Morgan fingerprint density at radius 3 is 0.860 bits per heavy atom. The lowest BCUT2D eigenvalue weighted by Gasteiger charge is -2.18. The van der Waals surface area contributed by atoms with Gasteiger partial charge in [0.2, 0.25) is 0 Å². The third kappa shape index (κ3) is 45.3. The van der Waals surface area contributed by atoms with Gasteiger partial charge in [0, 0.05) is 19.3 Å². The number of esters is 3. The minimum absolute atomic E-state index is 0.0650. The number of unbranched alkanes of at least 4 members (excludes halogenated alkanes) is 30. The Hall–Kier alpha value is -1.59. The molecule has 0 rings (SSSR count). The van der Waals surface area contributed by atoms with Crippen molar-refractivity contribution in [1.29, 1.82) is 0 Å². The van der Waals surface area contributed by atoms with Gasteiger partial charge in [-0.3, -0.25) is 14.4 Å². The zero-order valence-electron chi connectivity index (χ0n) is 39.0. The first-order valence-corrected chi connectivity index (χ1v) is 25.2. The molecule has 0 amide bonds. The normalized spacial score (nSPS) is 12.1. The van der Waals surface area contributed by atoms with Gasteiger partial charge in [0.25, 0.3) is 0 Å². The SMILES string of the molecule is CCCCCCCCCCCCCCCCCCCCC(=O)OC[C@@H](COC(=O)CCCCCCCCCCC(C)C)OC(=O)CCCCCCCCCC(C)C. The molecule has 0 saturated carbocycles. The number of carbonyl (C=O) groups is 3. The van der Waals surface area contributed by atoms with Gasteiger partial charge in [-0.2, -0.15) is 0 Å². The molecule has 1 atom stereocenters. The Kier molecular flexibility index (Phi) is 42.7. The summed E-state index contributed by atoms with van der Waals surface area (Å²) in [6.45, 7) is 11.3. The monoisotopic (exact) mass is 807 g/mol. The van der Waals surface area contributed by atoms with E-state index in [0.717, 1.165) is 69.6 Å². The zero-order valence-corrected chi connectivity index (χ0v) is 39.0. The standard InChI is InChI=1S/C51H98O6/c1-6-7-8-9-10-11-12-13-14-15-16-17-18-19-20-26-31-36-41-49(52)55-44-48(57-51(54)43-38-33-28-23-25-30-35-40-47(4)5)45-56-50(53)42-37-32-27-22-21-24-29-34-39-46(2)3/h46-48H,6-45H2,1-5H3/t48-/m0/s1. The molecule has 6 heteroatoms. The topological polar surface area (TPSA) is 78.9 Å². The van der Waals surface area contributed by atoms with Crippen molar-refractivity contribution in [2.75, 3.05) is 13.2 Å². The predicted octanol–water partition coefficient (Wildman–Crippen LogP) is 16.1. The molecule has 0 aliphatic rings. The third-order valence-corrected chi connectivity index (χ3v) is 11.5. The van der Waals surface area contributed by atoms with Gasteiger partial charge in [0.1, 0.15) is 13.2 Å². The molecule has 0 aliphatic carbocycles. The van der Waals surface area contributed by atoms with E-state index >= 15 is 0 Å². The molecule has 0 bridgehead atoms. The Morgan fingerprint density at radius 2 is 0.579 bits per heavy atom. The fraction of sp³-hybridized carbons (Fsp3) is 0.941. The van der Waals surface area contributed by atoms with Gasteiger partial charge >= 0.3 is 17.9 Å². The summed E-state index contributed by atoms with van der Waals surface area (Å²) in [5.74, 6) is 0.718. The summed E-state index contributed by atoms with van der Waals surface area (Å²) in [5, 5.41) is 0. The van der Waals surface area contributed by atoms with E-state index in [1.807, 2.05) is 0 Å². The molecule has 0 unspecified atom stereocenters. The van der Waals surface area contributed by atoms with Gasteiger partial charge in [-0.05, 0) is 31.1 Å². The van der Waals surface area contributed by atoms with E-state index in [2.05, 4.69) is 34.6 Å². The summed E-state index contributed by atoms with van der Waals surface area (Å²) < 4.78 is 16.8. The molecule has 0 saturated heterocycles. The van der Waals surface area contributed by atoms with Crippen LogP contribution in [0.3, 0.4) is 0 Å². The molecule has 0 aromatic rings. The molecule has 0 aliphatic heterocycles. The van der Waals surface area contributed by atoms with Gasteiger partial charge in [0.05, 0.1) is 0 Å². The van der Waals surface area contributed by atoms with Crippen molar-refractivity contribution in [3.05, 3.63) is 0 Å². The first-order valence-electron chi connectivity index (χ1n) is 25.2. The number of rotatable bonds is 45. The van der Waals surface area contributed by atoms with Crippen LogP contribution < -0.4 is 0 Å².